The number of anilines is 2. The maximum Gasteiger partial charge on any atom is 0.226 e. The number of hydrogen-bond donors (Lipinski definition) is 3. The van der Waals surface area contributed by atoms with Crippen LogP contribution in [0.2, 0.25) is 0 Å². The number of hydrogen-bond acceptors (Lipinski definition) is 5. The fourth-order valence-corrected chi connectivity index (χ4v) is 3.13. The van der Waals surface area contributed by atoms with Crippen LogP contribution in [0, 0.1) is 11.3 Å². The summed E-state index contributed by atoms with van der Waals surface area (Å²) in [5.41, 5.74) is 1.35. The maximum absolute atomic E-state index is 4.63. The van der Waals surface area contributed by atoms with E-state index in [0.717, 1.165) is 42.3 Å². The number of nitrogens with zero attached hydrogens (tertiary/aromatic N) is 3. The summed E-state index contributed by atoms with van der Waals surface area (Å²) in [6, 6.07) is 0. The Morgan fingerprint density at radius 2 is 2.14 bits per heavy atom. The molecule has 0 aliphatic heterocycles. The summed E-state index contributed by atoms with van der Waals surface area (Å²) in [5.74, 6) is 2.52. The van der Waals surface area contributed by atoms with Crippen LogP contribution in [0.15, 0.2) is 6.20 Å². The van der Waals surface area contributed by atoms with Gasteiger partial charge in [-0.2, -0.15) is 15.1 Å². The first-order valence-corrected chi connectivity index (χ1v) is 7.99. The lowest BCUT2D eigenvalue weighted by molar-refractivity contribution is 0.466. The van der Waals surface area contributed by atoms with E-state index in [1.807, 2.05) is 0 Å². The van der Waals surface area contributed by atoms with Gasteiger partial charge >= 0.3 is 0 Å². The van der Waals surface area contributed by atoms with Gasteiger partial charge in [0.1, 0.15) is 5.82 Å². The molecule has 0 atom stereocenters. The molecule has 2 aromatic rings. The summed E-state index contributed by atoms with van der Waals surface area (Å²) in [6.07, 6.45) is 8.41. The van der Waals surface area contributed by atoms with Crippen LogP contribution in [0.1, 0.15) is 39.0 Å². The molecule has 0 aromatic carbocycles. The van der Waals surface area contributed by atoms with Crippen LogP contribution in [0.25, 0.3) is 11.0 Å². The second-order valence-electron chi connectivity index (χ2n) is 6.45. The molecule has 2 saturated carbocycles. The van der Waals surface area contributed by atoms with Gasteiger partial charge in [0.25, 0.3) is 0 Å². The van der Waals surface area contributed by atoms with Crippen molar-refractivity contribution in [2.45, 2.75) is 39.0 Å². The van der Waals surface area contributed by atoms with Gasteiger partial charge in [-0.05, 0) is 43.4 Å². The third-order valence-corrected chi connectivity index (χ3v) is 4.79. The van der Waals surface area contributed by atoms with Crippen molar-refractivity contribution < 1.29 is 0 Å². The Bertz CT molecular complexity index is 641. The molecule has 0 bridgehead atoms. The highest BCUT2D eigenvalue weighted by Crippen LogP contribution is 2.61. The zero-order valence-corrected chi connectivity index (χ0v) is 12.4. The molecule has 3 N–H and O–H groups in total. The third kappa shape index (κ3) is 2.43. The Kier molecular flexibility index (Phi) is 2.97. The maximum atomic E-state index is 4.63. The Morgan fingerprint density at radius 1 is 1.29 bits per heavy atom. The van der Waals surface area contributed by atoms with Crippen molar-refractivity contribution in [2.75, 3.05) is 23.7 Å². The van der Waals surface area contributed by atoms with E-state index in [0.29, 0.717) is 11.4 Å². The lowest BCUT2D eigenvalue weighted by Gasteiger charge is -2.16. The molecule has 21 heavy (non-hydrogen) atoms. The average molecular weight is 286 g/mol. The number of aromatic amines is 1. The zero-order chi connectivity index (χ0) is 14.3. The summed E-state index contributed by atoms with van der Waals surface area (Å²) in [6.45, 7) is 4.04. The van der Waals surface area contributed by atoms with E-state index < -0.39 is 0 Å². The van der Waals surface area contributed by atoms with Crippen molar-refractivity contribution in [1.29, 1.82) is 0 Å². The molecule has 2 heterocycles. The van der Waals surface area contributed by atoms with E-state index in [2.05, 4.69) is 37.7 Å². The van der Waals surface area contributed by atoms with Gasteiger partial charge in [-0.25, -0.2) is 0 Å². The topological polar surface area (TPSA) is 78.5 Å². The van der Waals surface area contributed by atoms with Crippen molar-refractivity contribution in [3.05, 3.63) is 6.20 Å². The van der Waals surface area contributed by atoms with Gasteiger partial charge in [0.2, 0.25) is 5.95 Å². The first kappa shape index (κ1) is 12.9. The molecule has 2 aliphatic rings. The highest BCUT2D eigenvalue weighted by atomic mass is 15.2. The second kappa shape index (κ2) is 4.86. The molecular formula is C15H22N6. The predicted molar refractivity (Wildman–Crippen MR) is 83.3 cm³/mol. The lowest BCUT2D eigenvalue weighted by Crippen LogP contribution is -2.18. The number of H-pyrrole nitrogens is 1. The van der Waals surface area contributed by atoms with Gasteiger partial charge in [0.15, 0.2) is 5.65 Å². The van der Waals surface area contributed by atoms with E-state index in [1.54, 1.807) is 6.20 Å². The number of aromatic nitrogens is 4. The van der Waals surface area contributed by atoms with Crippen LogP contribution < -0.4 is 10.6 Å². The van der Waals surface area contributed by atoms with E-state index in [9.17, 15) is 0 Å². The predicted octanol–water partition coefficient (Wildman–Crippen LogP) is 2.78. The highest BCUT2D eigenvalue weighted by Gasteiger charge is 2.53. The second-order valence-corrected chi connectivity index (χ2v) is 6.45. The molecule has 0 spiro atoms. The third-order valence-electron chi connectivity index (χ3n) is 4.79. The zero-order valence-electron chi connectivity index (χ0n) is 12.4. The highest BCUT2D eigenvalue weighted by molar-refractivity contribution is 5.87. The van der Waals surface area contributed by atoms with Crippen LogP contribution in [-0.2, 0) is 0 Å². The molecule has 0 saturated heterocycles. The average Bonchev–Trinajstić information content (AvgIpc) is 3.40. The molecule has 6 heteroatoms. The number of fused-ring (bicyclic) bond motifs is 1. The van der Waals surface area contributed by atoms with E-state index in [4.69, 9.17) is 0 Å². The van der Waals surface area contributed by atoms with Gasteiger partial charge < -0.3 is 10.6 Å². The molecule has 112 valence electrons. The first-order chi connectivity index (χ1) is 10.3. The summed E-state index contributed by atoms with van der Waals surface area (Å²) in [5, 5.41) is 14.8. The Morgan fingerprint density at radius 3 is 2.86 bits per heavy atom. The molecule has 2 aromatic heterocycles. The largest absolute Gasteiger partial charge is 0.369 e. The minimum Gasteiger partial charge on any atom is -0.369 e. The van der Waals surface area contributed by atoms with Crippen LogP contribution in [0.5, 0.6) is 0 Å². The molecule has 2 fully saturated rings. The number of nitrogens with one attached hydrogen (secondary N) is 3. The Hall–Kier alpha value is -1.85. The smallest absolute Gasteiger partial charge is 0.226 e. The molecule has 2 aliphatic carbocycles. The van der Waals surface area contributed by atoms with Crippen molar-refractivity contribution in [3.63, 3.8) is 0 Å². The molecular weight excluding hydrogens is 264 g/mol. The van der Waals surface area contributed by atoms with Crippen molar-refractivity contribution in [1.82, 2.24) is 20.2 Å². The van der Waals surface area contributed by atoms with Gasteiger partial charge in [0.05, 0.1) is 11.6 Å². The minimum atomic E-state index is 0.554. The van der Waals surface area contributed by atoms with E-state index >= 15 is 0 Å². The molecule has 6 nitrogen and oxygen atoms in total. The summed E-state index contributed by atoms with van der Waals surface area (Å²) < 4.78 is 0. The van der Waals surface area contributed by atoms with Crippen molar-refractivity contribution >= 4 is 22.8 Å². The SMILES string of the molecule is CCCNc1nc(NCC2(C3CC3)CC2)c2cn[nH]c2n1. The summed E-state index contributed by atoms with van der Waals surface area (Å²) in [4.78, 5) is 9.09. The normalized spacial score (nSPS) is 19.7. The molecule has 0 radical (unpaired) electrons. The Labute approximate surface area is 124 Å². The van der Waals surface area contributed by atoms with Crippen LogP contribution in [0.4, 0.5) is 11.8 Å². The summed E-state index contributed by atoms with van der Waals surface area (Å²) in [7, 11) is 0. The van der Waals surface area contributed by atoms with Crippen LogP contribution in [-0.4, -0.2) is 33.3 Å². The van der Waals surface area contributed by atoms with Crippen LogP contribution in [0.3, 0.4) is 0 Å². The van der Waals surface area contributed by atoms with Crippen molar-refractivity contribution in [3.8, 4) is 0 Å². The lowest BCUT2D eigenvalue weighted by atomic mass is 10.0. The molecule has 0 amide bonds. The quantitative estimate of drug-likeness (QED) is 0.729. The first-order valence-electron chi connectivity index (χ1n) is 7.99. The monoisotopic (exact) mass is 286 g/mol. The standard InChI is InChI=1S/C15H22N6/c1-2-7-16-14-19-12(11-8-18-21-13(11)20-14)17-9-15(5-6-15)10-3-4-10/h8,10H,2-7,9H2,1H3,(H3,16,17,18,19,20,21). The van der Waals surface area contributed by atoms with E-state index in [-0.39, 0.29) is 0 Å². The molecule has 4 rings (SSSR count). The van der Waals surface area contributed by atoms with Gasteiger partial charge in [-0.3, -0.25) is 5.10 Å². The fraction of sp³-hybridized carbons (Fsp3) is 0.667. The van der Waals surface area contributed by atoms with Gasteiger partial charge in [-0.15, -0.1) is 0 Å². The summed E-state index contributed by atoms with van der Waals surface area (Å²) >= 11 is 0. The van der Waals surface area contributed by atoms with Gasteiger partial charge in [0, 0.05) is 13.1 Å². The van der Waals surface area contributed by atoms with Crippen LogP contribution >= 0.6 is 0 Å². The van der Waals surface area contributed by atoms with Crippen molar-refractivity contribution in [2.24, 2.45) is 11.3 Å². The van der Waals surface area contributed by atoms with Gasteiger partial charge in [-0.1, -0.05) is 6.92 Å². The fourth-order valence-electron chi connectivity index (χ4n) is 3.13. The van der Waals surface area contributed by atoms with E-state index in [1.165, 1.54) is 25.7 Å². The molecule has 0 unspecified atom stereocenters. The minimum absolute atomic E-state index is 0.554. The number of rotatable bonds is 7. The Balaban J connectivity index is 1.55.